The molecular weight excluding hydrogens is 605 g/mol. The first-order valence-electron chi connectivity index (χ1n) is 15.0. The fourth-order valence-corrected chi connectivity index (χ4v) is 6.62. The molecule has 1 amide bonds. The van der Waals surface area contributed by atoms with Gasteiger partial charge in [0.2, 0.25) is 0 Å². The second-order valence-electron chi connectivity index (χ2n) is 11.6. The molecule has 0 saturated carbocycles. The second kappa shape index (κ2) is 11.0. The fourth-order valence-electron chi connectivity index (χ4n) is 6.62. The molecule has 1 N–H and O–H groups in total. The number of benzene rings is 2. The molecule has 4 aromatic heterocycles. The van der Waals surface area contributed by atoms with Gasteiger partial charge in [0.15, 0.2) is 5.58 Å². The smallest absolute Gasteiger partial charge is 0.408 e. The van der Waals surface area contributed by atoms with Crippen molar-refractivity contribution in [2.75, 3.05) is 6.54 Å². The van der Waals surface area contributed by atoms with Crippen LogP contribution in [0.1, 0.15) is 57.5 Å². The van der Waals surface area contributed by atoms with Crippen molar-refractivity contribution in [1.82, 2.24) is 29.6 Å². The van der Waals surface area contributed by atoms with Crippen LogP contribution in [0.4, 0.5) is 4.39 Å². The lowest BCUT2D eigenvalue weighted by molar-refractivity contribution is 0.0776. The summed E-state index contributed by atoms with van der Waals surface area (Å²) in [7, 11) is 0. The first-order valence-corrected chi connectivity index (χ1v) is 15.0. The van der Waals surface area contributed by atoms with Gasteiger partial charge in [0.25, 0.3) is 11.8 Å². The van der Waals surface area contributed by atoms with Crippen molar-refractivity contribution in [2.45, 2.75) is 38.3 Å². The van der Waals surface area contributed by atoms with Crippen LogP contribution >= 0.6 is 0 Å². The van der Waals surface area contributed by atoms with Crippen LogP contribution in [0.2, 0.25) is 0 Å². The molecule has 12 nitrogen and oxygen atoms in total. The SMILES string of the molecule is N#Cc1ccc(Cn2c(=O)oc3cc(-c4c5c(nc(CCc6ccc(F)cc6)c4-c4n[nH]c(=O)o4)[C@H]4CCCN4C5=O)ccc32)nc1. The van der Waals surface area contributed by atoms with Crippen molar-refractivity contribution < 1.29 is 18.0 Å². The van der Waals surface area contributed by atoms with Crippen LogP contribution < -0.4 is 11.5 Å². The summed E-state index contributed by atoms with van der Waals surface area (Å²) in [4.78, 5) is 50.3. The van der Waals surface area contributed by atoms with E-state index in [1.54, 1.807) is 42.5 Å². The Kier molecular flexibility index (Phi) is 6.64. The van der Waals surface area contributed by atoms with Crippen molar-refractivity contribution >= 4 is 17.0 Å². The van der Waals surface area contributed by atoms with Gasteiger partial charge in [-0.05, 0) is 73.2 Å². The Bertz CT molecular complexity index is 2360. The molecule has 6 aromatic rings. The molecule has 0 bridgehead atoms. The summed E-state index contributed by atoms with van der Waals surface area (Å²) in [5, 5.41) is 15.5. The summed E-state index contributed by atoms with van der Waals surface area (Å²) in [6.45, 7) is 0.713. The van der Waals surface area contributed by atoms with E-state index in [0.29, 0.717) is 69.8 Å². The minimum Gasteiger partial charge on any atom is -0.408 e. The Hall–Kier alpha value is -6.16. The van der Waals surface area contributed by atoms with Crippen molar-refractivity contribution in [3.63, 3.8) is 0 Å². The highest BCUT2D eigenvalue weighted by Gasteiger charge is 2.44. The maximum absolute atomic E-state index is 14.0. The number of pyridine rings is 2. The summed E-state index contributed by atoms with van der Waals surface area (Å²) < 4.78 is 26.2. The lowest BCUT2D eigenvalue weighted by Gasteiger charge is -2.17. The van der Waals surface area contributed by atoms with Gasteiger partial charge in [0, 0.05) is 18.3 Å². The third-order valence-corrected chi connectivity index (χ3v) is 8.79. The maximum atomic E-state index is 14.0. The molecule has 2 aliphatic rings. The highest BCUT2D eigenvalue weighted by Crippen LogP contribution is 2.48. The highest BCUT2D eigenvalue weighted by molar-refractivity contribution is 6.08. The molecule has 13 heteroatoms. The molecule has 0 spiro atoms. The van der Waals surface area contributed by atoms with Crippen LogP contribution in [-0.4, -0.2) is 42.1 Å². The van der Waals surface area contributed by atoms with Gasteiger partial charge in [0.05, 0.1) is 51.9 Å². The third kappa shape index (κ3) is 4.82. The number of H-pyrrole nitrogens is 1. The van der Waals surface area contributed by atoms with Crippen molar-refractivity contribution in [2.24, 2.45) is 0 Å². The van der Waals surface area contributed by atoms with Gasteiger partial charge in [-0.25, -0.2) is 19.1 Å². The summed E-state index contributed by atoms with van der Waals surface area (Å²) in [5.41, 5.74) is 5.63. The number of hydrogen-bond donors (Lipinski definition) is 1. The number of fused-ring (bicyclic) bond motifs is 4. The third-order valence-electron chi connectivity index (χ3n) is 8.79. The summed E-state index contributed by atoms with van der Waals surface area (Å²) in [5.74, 6) is -1.91. The van der Waals surface area contributed by atoms with Gasteiger partial charge in [-0.2, -0.15) is 5.26 Å². The van der Waals surface area contributed by atoms with Gasteiger partial charge >= 0.3 is 11.5 Å². The van der Waals surface area contributed by atoms with E-state index in [2.05, 4.69) is 15.2 Å². The van der Waals surface area contributed by atoms with Crippen LogP contribution in [0.3, 0.4) is 0 Å². The molecule has 232 valence electrons. The zero-order valence-corrected chi connectivity index (χ0v) is 24.7. The van der Waals surface area contributed by atoms with Crippen molar-refractivity contribution in [3.05, 3.63) is 121 Å². The number of nitriles is 1. The molecule has 2 aliphatic heterocycles. The normalized spacial score (nSPS) is 15.3. The average Bonchev–Trinajstić information content (AvgIpc) is 3.86. The highest BCUT2D eigenvalue weighted by atomic mass is 19.1. The van der Waals surface area contributed by atoms with Crippen LogP contribution in [-0.2, 0) is 19.4 Å². The maximum Gasteiger partial charge on any atom is 0.434 e. The number of hydrogen-bond acceptors (Lipinski definition) is 9. The van der Waals surface area contributed by atoms with E-state index in [-0.39, 0.29) is 35.8 Å². The predicted molar refractivity (Wildman–Crippen MR) is 165 cm³/mol. The van der Waals surface area contributed by atoms with Crippen LogP contribution in [0, 0.1) is 17.1 Å². The predicted octanol–water partition coefficient (Wildman–Crippen LogP) is 4.53. The monoisotopic (exact) mass is 629 g/mol. The molecule has 1 saturated heterocycles. The first kappa shape index (κ1) is 28.3. The van der Waals surface area contributed by atoms with Gasteiger partial charge in [-0.15, -0.1) is 5.10 Å². The Balaban J connectivity index is 1.30. The summed E-state index contributed by atoms with van der Waals surface area (Å²) >= 11 is 0. The molecule has 0 aliphatic carbocycles. The molecule has 0 unspecified atom stereocenters. The van der Waals surface area contributed by atoms with Crippen molar-refractivity contribution in [1.29, 1.82) is 5.26 Å². The number of carbonyl (C=O) groups excluding carboxylic acids is 1. The first-order chi connectivity index (χ1) is 22.9. The van der Waals surface area contributed by atoms with Gasteiger partial charge in [-0.3, -0.25) is 19.3 Å². The average molecular weight is 630 g/mol. The number of rotatable bonds is 7. The number of aromatic amines is 1. The Morgan fingerprint density at radius 3 is 2.60 bits per heavy atom. The lowest BCUT2D eigenvalue weighted by Crippen LogP contribution is -2.23. The van der Waals surface area contributed by atoms with Gasteiger partial charge in [0.1, 0.15) is 11.9 Å². The Morgan fingerprint density at radius 1 is 1.00 bits per heavy atom. The second-order valence-corrected chi connectivity index (χ2v) is 11.6. The minimum atomic E-state index is -0.766. The molecule has 47 heavy (non-hydrogen) atoms. The van der Waals surface area contributed by atoms with Gasteiger partial charge in [-0.1, -0.05) is 18.2 Å². The number of amides is 1. The summed E-state index contributed by atoms with van der Waals surface area (Å²) in [6, 6.07) is 16.5. The molecular formula is C34H24FN7O5. The molecule has 6 heterocycles. The van der Waals surface area contributed by atoms with Gasteiger partial charge < -0.3 is 13.7 Å². The number of halogens is 1. The van der Waals surface area contributed by atoms with E-state index >= 15 is 0 Å². The lowest BCUT2D eigenvalue weighted by atomic mass is 9.89. The van der Waals surface area contributed by atoms with E-state index in [1.807, 2.05) is 11.0 Å². The Morgan fingerprint density at radius 2 is 1.85 bits per heavy atom. The largest absolute Gasteiger partial charge is 0.434 e. The van der Waals surface area contributed by atoms with E-state index in [0.717, 1.165) is 18.4 Å². The number of aryl methyl sites for hydroxylation is 2. The van der Waals surface area contributed by atoms with E-state index in [1.165, 1.54) is 22.9 Å². The van der Waals surface area contributed by atoms with Crippen molar-refractivity contribution in [3.8, 4) is 28.7 Å². The topological polar surface area (TPSA) is 164 Å². The number of nitrogens with zero attached hydrogens (tertiary/aromatic N) is 6. The minimum absolute atomic E-state index is 0.0275. The van der Waals surface area contributed by atoms with Crippen LogP contribution in [0.15, 0.2) is 79.2 Å². The van der Waals surface area contributed by atoms with E-state index in [4.69, 9.17) is 19.1 Å². The molecule has 1 fully saturated rings. The quantitative estimate of drug-likeness (QED) is 0.267. The zero-order chi connectivity index (χ0) is 32.2. The molecule has 8 rings (SSSR count). The number of oxazole rings is 1. The standard InChI is InChI=1S/C34H24FN7O5/c35-21-8-3-18(4-9-21)6-11-23-28(31-39-40-33(44)47-31)27(29-30(38-23)25-2-1-13-41(25)32(29)43)20-7-12-24-26(14-20)46-34(45)42(24)17-22-10-5-19(15-36)16-37-22/h3-5,7-10,12,14,16,25H,1-2,6,11,13,17H2,(H,40,44)/t25-/m1/s1. The number of aromatic nitrogens is 5. The number of nitrogens with one attached hydrogen (secondary N) is 1. The summed E-state index contributed by atoms with van der Waals surface area (Å²) in [6.07, 6.45) is 3.93. The molecule has 2 aromatic carbocycles. The molecule has 1 atom stereocenters. The van der Waals surface area contributed by atoms with Crippen LogP contribution in [0.25, 0.3) is 33.7 Å². The van der Waals surface area contributed by atoms with E-state index < -0.39 is 11.5 Å². The zero-order valence-electron chi connectivity index (χ0n) is 24.7. The van der Waals surface area contributed by atoms with Crippen LogP contribution in [0.5, 0.6) is 0 Å². The van der Waals surface area contributed by atoms with E-state index in [9.17, 15) is 18.8 Å². The number of carbonyl (C=O) groups is 1. The molecule has 0 radical (unpaired) electrons. The Labute approximate surface area is 264 Å². The fraction of sp³-hybridized carbons (Fsp3) is 0.206.